The molecule has 0 bridgehead atoms. The summed E-state index contributed by atoms with van der Waals surface area (Å²) in [5.41, 5.74) is 37.1. The smallest absolute Gasteiger partial charge is 0.143 e. The molecule has 0 N–H and O–H groups in total. The van der Waals surface area contributed by atoms with Crippen LogP contribution in [-0.2, 0) is 0 Å². The second kappa shape index (κ2) is 32.6. The van der Waals surface area contributed by atoms with Crippen molar-refractivity contribution in [3.8, 4) is 44.5 Å². The number of furan rings is 2. The summed E-state index contributed by atoms with van der Waals surface area (Å²) in [5.74, 6) is 0. The van der Waals surface area contributed by atoms with Gasteiger partial charge in [0, 0.05) is 89.2 Å². The maximum atomic E-state index is 7.10. The van der Waals surface area contributed by atoms with Crippen molar-refractivity contribution in [1.29, 1.82) is 0 Å². The van der Waals surface area contributed by atoms with E-state index in [-0.39, 0.29) is 0 Å². The zero-order valence-corrected chi connectivity index (χ0v) is 71.9. The van der Waals surface area contributed by atoms with Crippen LogP contribution in [-0.4, -0.2) is 0 Å². The average Bonchev–Trinajstić information content (AvgIpc) is 1.52. The third-order valence-corrected chi connectivity index (χ3v) is 26.1. The summed E-state index contributed by atoms with van der Waals surface area (Å²) < 4.78 is 14.0. The van der Waals surface area contributed by atoms with Crippen LogP contribution in [0.3, 0.4) is 0 Å². The van der Waals surface area contributed by atoms with E-state index < -0.39 is 0 Å². The summed E-state index contributed by atoms with van der Waals surface area (Å²) in [6.45, 7) is 18.3. The van der Waals surface area contributed by atoms with Gasteiger partial charge in [-0.3, -0.25) is 0 Å². The van der Waals surface area contributed by atoms with E-state index in [9.17, 15) is 0 Å². The lowest BCUT2D eigenvalue weighted by atomic mass is 9.86. The molecular weight excluding hydrogens is 1530 g/mol. The molecule has 22 aromatic rings. The molecule has 20 aromatic carbocycles. The Morgan fingerprint density at radius 1 is 0.159 bits per heavy atom. The third-order valence-electron chi connectivity index (χ3n) is 26.1. The van der Waals surface area contributed by atoms with Gasteiger partial charge in [0.05, 0.1) is 11.4 Å². The van der Waals surface area contributed by atoms with Crippen molar-refractivity contribution < 1.29 is 8.83 Å². The molecule has 0 aliphatic rings. The van der Waals surface area contributed by atoms with E-state index in [1.165, 1.54) is 121 Å². The Balaban J connectivity index is 0.000000155. The van der Waals surface area contributed by atoms with Crippen molar-refractivity contribution in [3.05, 3.63) is 457 Å². The highest BCUT2D eigenvalue weighted by molar-refractivity contribution is 6.32. The minimum atomic E-state index is 0.885. The van der Waals surface area contributed by atoms with Crippen molar-refractivity contribution >= 4 is 155 Å². The molecule has 6 nitrogen and oxygen atoms in total. The SMILES string of the molecule is Cc1c(C)c(N(c2ccccc2)c2ccccc2)c(C)c(C)c1-c1ccc2c(c1)oc1c3ccc(-c4c(C)c(C)c(N(c5ccccc5)c5ccccc5)c(C)c4C)cc3c3ccccc3c21.c1ccc(N(c2ccccc2)c2ccc(-c3ccc4c(c3)oc3c5ccc(-c6ccc(N(c7ccccc7)c7ccccc7)cc6)cc5c5ccccc5c43)cc2)cc1. The van der Waals surface area contributed by atoms with Gasteiger partial charge in [0.25, 0.3) is 0 Å². The van der Waals surface area contributed by atoms with Crippen LogP contribution >= 0.6 is 0 Å². The van der Waals surface area contributed by atoms with Gasteiger partial charge in [-0.2, -0.15) is 0 Å². The number of benzene rings is 20. The number of fused-ring (bicyclic) bond motifs is 16. The summed E-state index contributed by atoms with van der Waals surface area (Å²) in [6, 6.07) is 148. The largest absolute Gasteiger partial charge is 0.455 e. The number of anilines is 12. The van der Waals surface area contributed by atoms with Crippen molar-refractivity contribution in [2.45, 2.75) is 55.4 Å². The Morgan fingerprint density at radius 3 is 0.690 bits per heavy atom. The standard InChI is InChI=1S/C64H54N2O.C56H38N2O/c1-39-43(5)62(65(49-23-13-9-14-24-49)50-25-15-10-16-26-50)44(6)40(2)59(39)47-33-35-55-57(37-47)53-31-21-22-32-54(53)61-56-36-34-48(38-58(56)67-64(55)61)60-41(3)45(7)63(46(8)42(60)4)66(51-27-17-11-18-28-51)52-29-19-12-20-30-52;1-5-15-43(16-6-1)57(44-17-7-2-8-18-44)47-31-25-39(26-32-47)41-29-35-51-53(37-41)49-23-13-14-24-50(49)55-52-36-30-42(38-54(52)59-56(51)55)40-27-33-48(34-28-40)58(45-19-9-3-10-20-45)46-21-11-4-12-22-46/h9-38H,1-8H3;1-38H. The number of rotatable bonds is 16. The second-order valence-corrected chi connectivity index (χ2v) is 33.2. The molecule has 2 aromatic heterocycles. The van der Waals surface area contributed by atoms with E-state index >= 15 is 0 Å². The number of hydrogen-bond acceptors (Lipinski definition) is 6. The third kappa shape index (κ3) is 13.6. The van der Waals surface area contributed by atoms with Gasteiger partial charge >= 0.3 is 0 Å². The van der Waals surface area contributed by atoms with Crippen molar-refractivity contribution in [1.82, 2.24) is 0 Å². The van der Waals surface area contributed by atoms with E-state index in [1.54, 1.807) is 0 Å². The molecule has 126 heavy (non-hydrogen) atoms. The summed E-state index contributed by atoms with van der Waals surface area (Å²) in [6.07, 6.45) is 0. The summed E-state index contributed by atoms with van der Waals surface area (Å²) in [4.78, 5) is 9.40. The van der Waals surface area contributed by atoms with Crippen molar-refractivity contribution in [3.63, 3.8) is 0 Å². The fraction of sp³-hybridized carbons (Fsp3) is 0.0667. The van der Waals surface area contributed by atoms with E-state index in [4.69, 9.17) is 8.83 Å². The highest BCUT2D eigenvalue weighted by Gasteiger charge is 2.28. The molecule has 6 heteroatoms. The molecule has 0 unspecified atom stereocenters. The Morgan fingerprint density at radius 2 is 0.381 bits per heavy atom. The van der Waals surface area contributed by atoms with Crippen LogP contribution in [0.25, 0.3) is 131 Å². The molecule has 2 heterocycles. The van der Waals surface area contributed by atoms with Crippen LogP contribution in [0.15, 0.2) is 421 Å². The predicted octanol–water partition coefficient (Wildman–Crippen LogP) is 34.8. The van der Waals surface area contributed by atoms with Crippen LogP contribution in [0.1, 0.15) is 44.5 Å². The van der Waals surface area contributed by atoms with Gasteiger partial charge in [-0.1, -0.05) is 243 Å². The zero-order chi connectivity index (χ0) is 85.2. The van der Waals surface area contributed by atoms with Gasteiger partial charge in [-0.15, -0.1) is 0 Å². The Kier molecular flexibility index (Phi) is 20.0. The second-order valence-electron chi connectivity index (χ2n) is 33.2. The van der Waals surface area contributed by atoms with E-state index in [0.717, 1.165) is 123 Å². The lowest BCUT2D eigenvalue weighted by Gasteiger charge is -2.31. The fourth-order valence-corrected chi connectivity index (χ4v) is 19.6. The molecule has 604 valence electrons. The number of nitrogens with zero attached hydrogens (tertiary/aromatic N) is 4. The molecule has 0 saturated carbocycles. The minimum absolute atomic E-state index is 0.885. The maximum Gasteiger partial charge on any atom is 0.143 e. The molecule has 0 saturated heterocycles. The topological polar surface area (TPSA) is 39.2 Å². The first-order chi connectivity index (χ1) is 61.9. The minimum Gasteiger partial charge on any atom is -0.455 e. The highest BCUT2D eigenvalue weighted by Crippen LogP contribution is 2.52. The van der Waals surface area contributed by atoms with E-state index in [2.05, 4.69) is 488 Å². The van der Waals surface area contributed by atoms with Crippen LogP contribution < -0.4 is 19.6 Å². The first-order valence-corrected chi connectivity index (χ1v) is 43.5. The molecular formula is C120H92N4O2. The first-order valence-electron chi connectivity index (χ1n) is 43.5. The molecule has 0 aliphatic heterocycles. The molecule has 0 atom stereocenters. The molecule has 22 rings (SSSR count). The number of para-hydroxylation sites is 8. The Labute approximate surface area is 735 Å². The lowest BCUT2D eigenvalue weighted by Crippen LogP contribution is -2.15. The zero-order valence-electron chi connectivity index (χ0n) is 71.9. The summed E-state index contributed by atoms with van der Waals surface area (Å²) in [7, 11) is 0. The van der Waals surface area contributed by atoms with Gasteiger partial charge < -0.3 is 28.4 Å². The Bertz CT molecular complexity index is 7660. The quantitative estimate of drug-likeness (QED) is 0.0898. The van der Waals surface area contributed by atoms with Crippen molar-refractivity contribution in [2.24, 2.45) is 0 Å². The lowest BCUT2D eigenvalue weighted by molar-refractivity contribution is 0.672. The maximum absolute atomic E-state index is 7.10. The van der Waals surface area contributed by atoms with Crippen LogP contribution in [0.5, 0.6) is 0 Å². The predicted molar refractivity (Wildman–Crippen MR) is 536 cm³/mol. The number of hydrogen-bond donors (Lipinski definition) is 0. The molecule has 0 spiro atoms. The first kappa shape index (κ1) is 77.6. The van der Waals surface area contributed by atoms with Gasteiger partial charge in [0.15, 0.2) is 0 Å². The molecule has 0 fully saturated rings. The van der Waals surface area contributed by atoms with Gasteiger partial charge in [0.2, 0.25) is 0 Å². The van der Waals surface area contributed by atoms with Crippen LogP contribution in [0.2, 0.25) is 0 Å². The van der Waals surface area contributed by atoms with Crippen LogP contribution in [0.4, 0.5) is 68.2 Å². The van der Waals surface area contributed by atoms with Gasteiger partial charge in [-0.05, 0) is 347 Å². The van der Waals surface area contributed by atoms with Crippen LogP contribution in [0, 0.1) is 55.4 Å². The normalized spacial score (nSPS) is 11.5. The molecule has 0 aliphatic carbocycles. The molecule has 0 radical (unpaired) electrons. The Hall–Kier alpha value is -15.8. The van der Waals surface area contributed by atoms with Gasteiger partial charge in [0.1, 0.15) is 22.3 Å². The van der Waals surface area contributed by atoms with E-state index in [0.29, 0.717) is 0 Å². The van der Waals surface area contributed by atoms with E-state index in [1.807, 2.05) is 0 Å². The van der Waals surface area contributed by atoms with Crippen molar-refractivity contribution in [2.75, 3.05) is 19.6 Å². The highest BCUT2D eigenvalue weighted by atomic mass is 16.3. The monoisotopic (exact) mass is 1620 g/mol. The fourth-order valence-electron chi connectivity index (χ4n) is 19.6. The average molecular weight is 1620 g/mol. The summed E-state index contributed by atoms with van der Waals surface area (Å²) >= 11 is 0. The summed E-state index contributed by atoms with van der Waals surface area (Å²) in [5, 5.41) is 14.1. The van der Waals surface area contributed by atoms with Gasteiger partial charge in [-0.25, -0.2) is 0 Å². The molecule has 0 amide bonds.